The van der Waals surface area contributed by atoms with Crippen molar-refractivity contribution in [1.82, 2.24) is 24.6 Å². The average Bonchev–Trinajstić information content (AvgIpc) is 3.18. The van der Waals surface area contributed by atoms with Crippen molar-refractivity contribution in [3.8, 4) is 0 Å². The minimum Gasteiger partial charge on any atom is -0.363 e. The molecule has 0 bridgehead atoms. The molecule has 8 nitrogen and oxygen atoms in total. The van der Waals surface area contributed by atoms with Crippen LogP contribution in [0.5, 0.6) is 0 Å². The van der Waals surface area contributed by atoms with Crippen molar-refractivity contribution in [2.75, 3.05) is 57.1 Å². The van der Waals surface area contributed by atoms with Crippen LogP contribution in [0.25, 0.3) is 0 Å². The summed E-state index contributed by atoms with van der Waals surface area (Å²) in [5.41, 5.74) is 1.14. The number of aryl methyl sites for hydroxylation is 1. The van der Waals surface area contributed by atoms with E-state index in [0.717, 1.165) is 60.9 Å². The molecule has 154 valence electrons. The van der Waals surface area contributed by atoms with E-state index in [1.54, 1.807) is 0 Å². The summed E-state index contributed by atoms with van der Waals surface area (Å²) < 4.78 is 4.39. The van der Waals surface area contributed by atoms with Gasteiger partial charge in [-0.3, -0.25) is 4.99 Å². The third-order valence-electron chi connectivity index (χ3n) is 4.55. The van der Waals surface area contributed by atoms with Gasteiger partial charge in [0.2, 0.25) is 5.13 Å². The van der Waals surface area contributed by atoms with E-state index in [9.17, 15) is 0 Å². The van der Waals surface area contributed by atoms with Gasteiger partial charge in [-0.1, -0.05) is 13.0 Å². The predicted molar refractivity (Wildman–Crippen MR) is 127 cm³/mol. The minimum absolute atomic E-state index is 0. The molecule has 0 unspecified atom stereocenters. The van der Waals surface area contributed by atoms with Crippen LogP contribution in [0.2, 0.25) is 0 Å². The van der Waals surface area contributed by atoms with Gasteiger partial charge in [0.25, 0.3) is 0 Å². The number of hydrogen-bond donors (Lipinski definition) is 1. The molecule has 1 aliphatic heterocycles. The lowest BCUT2D eigenvalue weighted by Crippen LogP contribution is -2.52. The van der Waals surface area contributed by atoms with Gasteiger partial charge in [0.1, 0.15) is 11.6 Å². The van der Waals surface area contributed by atoms with Crippen LogP contribution in [0.15, 0.2) is 23.3 Å². The first-order valence-corrected chi connectivity index (χ1v) is 10.0. The molecule has 1 saturated heterocycles. The number of nitrogens with zero attached hydrogens (tertiary/aromatic N) is 7. The number of anilines is 2. The molecule has 3 heterocycles. The fourth-order valence-electron chi connectivity index (χ4n) is 2.93. The maximum atomic E-state index is 4.60. The summed E-state index contributed by atoms with van der Waals surface area (Å²) in [6.45, 7) is 6.49. The smallest absolute Gasteiger partial charge is 0.205 e. The van der Waals surface area contributed by atoms with E-state index in [1.165, 1.54) is 11.5 Å². The first-order valence-electron chi connectivity index (χ1n) is 9.26. The molecule has 0 spiro atoms. The molecule has 1 fully saturated rings. The Morgan fingerprint density at radius 1 is 1.25 bits per heavy atom. The number of rotatable bonds is 5. The molecule has 0 amide bonds. The van der Waals surface area contributed by atoms with Crippen LogP contribution in [-0.4, -0.2) is 72.5 Å². The number of nitrogens with one attached hydrogen (secondary N) is 1. The molecule has 0 aliphatic carbocycles. The Labute approximate surface area is 188 Å². The quantitative estimate of drug-likeness (QED) is 0.371. The van der Waals surface area contributed by atoms with Gasteiger partial charge in [-0.15, -0.1) is 24.0 Å². The maximum Gasteiger partial charge on any atom is 0.205 e. The third-order valence-corrected chi connectivity index (χ3v) is 5.37. The monoisotopic (exact) mass is 516 g/mol. The zero-order chi connectivity index (χ0) is 19.2. The predicted octanol–water partition coefficient (Wildman–Crippen LogP) is 2.08. The van der Waals surface area contributed by atoms with Crippen LogP contribution in [0, 0.1) is 0 Å². The number of halogens is 1. The van der Waals surface area contributed by atoms with Gasteiger partial charge >= 0.3 is 0 Å². The van der Waals surface area contributed by atoms with Gasteiger partial charge in [0.05, 0.1) is 0 Å². The van der Waals surface area contributed by atoms with Crippen molar-refractivity contribution in [1.29, 1.82) is 0 Å². The topological polar surface area (TPSA) is 72.8 Å². The molecule has 3 rings (SSSR count). The molecule has 0 atom stereocenters. The fourth-order valence-corrected chi connectivity index (χ4v) is 3.73. The summed E-state index contributed by atoms with van der Waals surface area (Å²) in [6.07, 6.45) is 2.80. The SMILES string of the molecule is CCc1nsc(N2CCN(C(=NC)NCc3ccc(N(C)C)nc3)CC2)n1.I. The van der Waals surface area contributed by atoms with Crippen molar-refractivity contribution in [2.45, 2.75) is 19.9 Å². The minimum atomic E-state index is 0. The summed E-state index contributed by atoms with van der Waals surface area (Å²) in [4.78, 5) is 20.1. The van der Waals surface area contributed by atoms with Gasteiger partial charge in [-0.25, -0.2) is 9.97 Å². The molecule has 2 aromatic rings. The van der Waals surface area contributed by atoms with E-state index in [-0.39, 0.29) is 24.0 Å². The van der Waals surface area contributed by atoms with Gasteiger partial charge in [0, 0.05) is 78.0 Å². The van der Waals surface area contributed by atoms with E-state index in [2.05, 4.69) is 47.4 Å². The second kappa shape index (κ2) is 10.7. The third kappa shape index (κ3) is 5.66. The van der Waals surface area contributed by atoms with Crippen molar-refractivity contribution in [3.05, 3.63) is 29.7 Å². The maximum absolute atomic E-state index is 4.60. The van der Waals surface area contributed by atoms with E-state index < -0.39 is 0 Å². The zero-order valence-electron chi connectivity index (χ0n) is 16.9. The number of aliphatic imine (C=N–C) groups is 1. The Kier molecular flexibility index (Phi) is 8.67. The number of hydrogen-bond acceptors (Lipinski definition) is 7. The highest BCUT2D eigenvalue weighted by atomic mass is 127. The Balaban J connectivity index is 0.00000280. The summed E-state index contributed by atoms with van der Waals surface area (Å²) >= 11 is 1.50. The highest BCUT2D eigenvalue weighted by molar-refractivity contribution is 14.0. The Morgan fingerprint density at radius 2 is 2.00 bits per heavy atom. The van der Waals surface area contributed by atoms with Crippen molar-refractivity contribution in [3.63, 3.8) is 0 Å². The Morgan fingerprint density at radius 3 is 2.54 bits per heavy atom. The van der Waals surface area contributed by atoms with E-state index >= 15 is 0 Å². The van der Waals surface area contributed by atoms with Crippen LogP contribution in [-0.2, 0) is 13.0 Å². The lowest BCUT2D eigenvalue weighted by atomic mass is 10.2. The second-order valence-electron chi connectivity index (χ2n) is 6.64. The largest absolute Gasteiger partial charge is 0.363 e. The molecule has 0 aromatic carbocycles. The summed E-state index contributed by atoms with van der Waals surface area (Å²) in [5.74, 6) is 2.82. The number of guanidine groups is 1. The molecule has 0 saturated carbocycles. The van der Waals surface area contributed by atoms with Crippen LogP contribution >= 0.6 is 35.5 Å². The molecule has 2 aromatic heterocycles. The lowest BCUT2D eigenvalue weighted by molar-refractivity contribution is 0.372. The van der Waals surface area contributed by atoms with Crippen molar-refractivity contribution < 1.29 is 0 Å². The first-order chi connectivity index (χ1) is 13.1. The highest BCUT2D eigenvalue weighted by Crippen LogP contribution is 2.19. The van der Waals surface area contributed by atoms with E-state index in [4.69, 9.17) is 0 Å². The van der Waals surface area contributed by atoms with Crippen LogP contribution in [0.4, 0.5) is 10.9 Å². The fraction of sp³-hybridized carbons (Fsp3) is 0.556. The molecule has 10 heteroatoms. The molecule has 1 aliphatic rings. The molecular weight excluding hydrogens is 487 g/mol. The Hall–Kier alpha value is -1.69. The number of aromatic nitrogens is 3. The first kappa shape index (κ1) is 22.6. The summed E-state index contributed by atoms with van der Waals surface area (Å²) in [5, 5.41) is 4.48. The van der Waals surface area contributed by atoms with Crippen molar-refractivity contribution >= 4 is 52.4 Å². The number of piperazine rings is 1. The van der Waals surface area contributed by atoms with Crippen LogP contribution in [0.1, 0.15) is 18.3 Å². The van der Waals surface area contributed by atoms with Gasteiger partial charge in [0.15, 0.2) is 5.96 Å². The molecule has 1 N–H and O–H groups in total. The normalized spacial score (nSPS) is 14.6. The van der Waals surface area contributed by atoms with Crippen LogP contribution < -0.4 is 15.1 Å². The van der Waals surface area contributed by atoms with E-state index in [0.29, 0.717) is 6.54 Å². The summed E-state index contributed by atoms with van der Waals surface area (Å²) in [6, 6.07) is 4.13. The van der Waals surface area contributed by atoms with Gasteiger partial charge in [-0.2, -0.15) is 4.37 Å². The standard InChI is InChI=1S/C18H28N8S.HI/c1-5-15-22-18(27-23-15)26-10-8-25(9-11-26)17(19-2)21-13-14-6-7-16(20-12-14)24(3)4;/h6-7,12H,5,8-11,13H2,1-4H3,(H,19,21);1H. The second-order valence-corrected chi connectivity index (χ2v) is 7.37. The van der Waals surface area contributed by atoms with E-state index in [1.807, 2.05) is 38.3 Å². The highest BCUT2D eigenvalue weighted by Gasteiger charge is 2.22. The molecular formula is C18H29IN8S. The molecule has 28 heavy (non-hydrogen) atoms. The number of pyridine rings is 1. The Bertz CT molecular complexity index is 753. The van der Waals surface area contributed by atoms with Crippen LogP contribution in [0.3, 0.4) is 0 Å². The van der Waals surface area contributed by atoms with Gasteiger partial charge < -0.3 is 20.0 Å². The van der Waals surface area contributed by atoms with Crippen molar-refractivity contribution in [2.24, 2.45) is 4.99 Å². The summed E-state index contributed by atoms with van der Waals surface area (Å²) in [7, 11) is 5.82. The van der Waals surface area contributed by atoms with Gasteiger partial charge in [-0.05, 0) is 11.6 Å². The average molecular weight is 516 g/mol. The zero-order valence-corrected chi connectivity index (χ0v) is 20.1. The lowest BCUT2D eigenvalue weighted by Gasteiger charge is -2.36. The molecule has 0 radical (unpaired) electrons.